The number of imidazole rings is 1. The molecule has 0 aliphatic carbocycles. The lowest BCUT2D eigenvalue weighted by molar-refractivity contribution is -0.119. The van der Waals surface area contributed by atoms with Gasteiger partial charge in [0.1, 0.15) is 6.10 Å². The molecule has 0 radical (unpaired) electrons. The monoisotopic (exact) mass is 288 g/mol. The predicted octanol–water partition coefficient (Wildman–Crippen LogP) is 1.98. The molecule has 1 aliphatic rings. The molecule has 21 heavy (non-hydrogen) atoms. The first-order valence-electron chi connectivity index (χ1n) is 7.32. The average Bonchev–Trinajstić information content (AvgIpc) is 3.06. The van der Waals surface area contributed by atoms with E-state index in [-0.39, 0.29) is 17.9 Å². The van der Waals surface area contributed by atoms with E-state index in [0.717, 1.165) is 16.7 Å². The van der Waals surface area contributed by atoms with Gasteiger partial charge in [-0.3, -0.25) is 4.79 Å². The van der Waals surface area contributed by atoms with Gasteiger partial charge in [0, 0.05) is 24.6 Å². The van der Waals surface area contributed by atoms with Crippen molar-refractivity contribution in [1.29, 1.82) is 0 Å². The van der Waals surface area contributed by atoms with Gasteiger partial charge < -0.3 is 15.0 Å². The van der Waals surface area contributed by atoms with Crippen LogP contribution in [-0.4, -0.2) is 33.5 Å². The summed E-state index contributed by atoms with van der Waals surface area (Å²) in [6.45, 7) is 6.83. The van der Waals surface area contributed by atoms with Gasteiger partial charge >= 0.3 is 0 Å². The van der Waals surface area contributed by atoms with E-state index >= 15 is 0 Å². The number of fused-ring (bicyclic) bond motifs is 1. The minimum Gasteiger partial charge on any atom is -0.473 e. The molecule has 0 aromatic carbocycles. The third kappa shape index (κ3) is 2.70. The third-order valence-electron chi connectivity index (χ3n) is 3.96. The largest absolute Gasteiger partial charge is 0.473 e. The number of amides is 1. The summed E-state index contributed by atoms with van der Waals surface area (Å²) >= 11 is 0. The van der Waals surface area contributed by atoms with Crippen LogP contribution in [-0.2, 0) is 4.79 Å². The maximum absolute atomic E-state index is 11.3. The molecule has 2 aromatic rings. The Bertz CT molecular complexity index is 665. The predicted molar refractivity (Wildman–Crippen MR) is 79.2 cm³/mol. The molecule has 6 nitrogen and oxygen atoms in total. The molecule has 112 valence electrons. The van der Waals surface area contributed by atoms with Crippen molar-refractivity contribution in [3.05, 3.63) is 18.1 Å². The van der Waals surface area contributed by atoms with E-state index in [9.17, 15) is 4.79 Å². The number of nitrogens with zero attached hydrogens (tertiary/aromatic N) is 2. The molecule has 0 unspecified atom stereocenters. The molecule has 1 aliphatic heterocycles. The summed E-state index contributed by atoms with van der Waals surface area (Å²) in [5.41, 5.74) is 2.63. The van der Waals surface area contributed by atoms with Crippen LogP contribution in [0.25, 0.3) is 11.0 Å². The van der Waals surface area contributed by atoms with E-state index in [1.807, 2.05) is 13.0 Å². The number of ether oxygens (including phenoxy) is 1. The topological polar surface area (TPSA) is 79.9 Å². The first-order valence-corrected chi connectivity index (χ1v) is 7.32. The Hall–Kier alpha value is -2.11. The summed E-state index contributed by atoms with van der Waals surface area (Å²) < 4.78 is 6.02. The lowest BCUT2D eigenvalue weighted by atomic mass is 10.0. The molecular weight excluding hydrogens is 268 g/mol. The van der Waals surface area contributed by atoms with Gasteiger partial charge in [-0.05, 0) is 18.9 Å². The minimum atomic E-state index is -0.0845. The molecule has 0 bridgehead atoms. The van der Waals surface area contributed by atoms with Gasteiger partial charge in [0.05, 0.1) is 11.8 Å². The lowest BCUT2D eigenvalue weighted by Crippen LogP contribution is -2.26. The second kappa shape index (κ2) is 5.35. The molecule has 1 saturated heterocycles. The molecule has 1 amide bonds. The Kier molecular flexibility index (Phi) is 3.53. The number of H-pyrrole nitrogens is 1. The minimum absolute atomic E-state index is 0.0845. The normalized spacial score (nSPS) is 20.0. The van der Waals surface area contributed by atoms with Gasteiger partial charge in [-0.2, -0.15) is 0 Å². The Balaban J connectivity index is 1.88. The zero-order chi connectivity index (χ0) is 15.0. The summed E-state index contributed by atoms with van der Waals surface area (Å²) in [7, 11) is 0. The Morgan fingerprint density at radius 3 is 2.86 bits per heavy atom. The molecule has 0 spiro atoms. The van der Waals surface area contributed by atoms with Crippen LogP contribution in [0.15, 0.2) is 12.4 Å². The summed E-state index contributed by atoms with van der Waals surface area (Å²) in [5.74, 6) is 1.12. The zero-order valence-corrected chi connectivity index (χ0v) is 12.5. The summed E-state index contributed by atoms with van der Waals surface area (Å²) in [6, 6.07) is 2.01. The molecule has 3 rings (SSSR count). The van der Waals surface area contributed by atoms with Crippen LogP contribution in [0.1, 0.15) is 38.8 Å². The van der Waals surface area contributed by atoms with Crippen molar-refractivity contribution in [3.63, 3.8) is 0 Å². The number of carbonyl (C=O) groups excluding carboxylic acids is 1. The highest BCUT2D eigenvalue weighted by molar-refractivity contribution is 5.80. The highest BCUT2D eigenvalue weighted by Crippen LogP contribution is 2.27. The zero-order valence-electron chi connectivity index (χ0n) is 12.5. The van der Waals surface area contributed by atoms with Gasteiger partial charge in [-0.1, -0.05) is 13.8 Å². The van der Waals surface area contributed by atoms with Gasteiger partial charge in [-0.25, -0.2) is 9.97 Å². The van der Waals surface area contributed by atoms with Gasteiger partial charge in [0.15, 0.2) is 5.52 Å². The molecule has 3 heterocycles. The third-order valence-corrected chi connectivity index (χ3v) is 3.96. The van der Waals surface area contributed by atoms with Crippen LogP contribution >= 0.6 is 0 Å². The fourth-order valence-electron chi connectivity index (χ4n) is 2.54. The summed E-state index contributed by atoms with van der Waals surface area (Å²) in [5, 5.41) is 2.84. The SMILES string of the molecule is CC(C)c1cc2[nH]cnc2c(O[C@H](C)[C@H]2CNC(=O)C2)n1. The molecular formula is C15H20N4O2. The number of carbonyl (C=O) groups is 1. The number of hydrogen-bond donors (Lipinski definition) is 2. The van der Waals surface area contributed by atoms with Gasteiger partial charge in [0.25, 0.3) is 0 Å². The number of hydrogen-bond acceptors (Lipinski definition) is 4. The molecule has 0 saturated carbocycles. The average molecular weight is 288 g/mol. The van der Waals surface area contributed by atoms with E-state index in [1.54, 1.807) is 6.33 Å². The smallest absolute Gasteiger partial charge is 0.242 e. The fourth-order valence-corrected chi connectivity index (χ4v) is 2.54. The first kappa shape index (κ1) is 13.9. The Morgan fingerprint density at radius 2 is 2.19 bits per heavy atom. The van der Waals surface area contributed by atoms with Crippen molar-refractivity contribution in [2.75, 3.05) is 6.54 Å². The van der Waals surface area contributed by atoms with Crippen molar-refractivity contribution in [2.45, 2.75) is 39.2 Å². The van der Waals surface area contributed by atoms with Crippen molar-refractivity contribution in [3.8, 4) is 5.88 Å². The quantitative estimate of drug-likeness (QED) is 0.901. The number of nitrogens with one attached hydrogen (secondary N) is 2. The van der Waals surface area contributed by atoms with Crippen LogP contribution in [0.2, 0.25) is 0 Å². The Morgan fingerprint density at radius 1 is 1.38 bits per heavy atom. The van der Waals surface area contributed by atoms with Crippen LogP contribution in [0, 0.1) is 5.92 Å². The van der Waals surface area contributed by atoms with Crippen LogP contribution in [0.4, 0.5) is 0 Å². The fraction of sp³-hybridized carbons (Fsp3) is 0.533. The lowest BCUT2D eigenvalue weighted by Gasteiger charge is -2.19. The van der Waals surface area contributed by atoms with E-state index in [2.05, 4.69) is 34.1 Å². The number of pyridine rings is 1. The highest BCUT2D eigenvalue weighted by Gasteiger charge is 2.28. The maximum atomic E-state index is 11.3. The second-order valence-electron chi connectivity index (χ2n) is 5.90. The van der Waals surface area contributed by atoms with Crippen molar-refractivity contribution >= 4 is 16.9 Å². The molecule has 6 heteroatoms. The van der Waals surface area contributed by atoms with Crippen LogP contribution in [0.3, 0.4) is 0 Å². The van der Waals surface area contributed by atoms with E-state index in [4.69, 9.17) is 4.74 Å². The maximum Gasteiger partial charge on any atom is 0.242 e. The van der Waals surface area contributed by atoms with E-state index < -0.39 is 0 Å². The molecule has 2 aromatic heterocycles. The number of rotatable bonds is 4. The standard InChI is InChI=1S/C15H20N4O2/c1-8(2)11-5-12-14(18-7-17-12)15(19-11)21-9(3)10-4-13(20)16-6-10/h5,7-10H,4,6H2,1-3H3,(H,16,20)(H,17,18)/t9-,10-/m1/s1. The van der Waals surface area contributed by atoms with Crippen molar-refractivity contribution in [1.82, 2.24) is 20.3 Å². The molecule has 2 atom stereocenters. The van der Waals surface area contributed by atoms with Crippen LogP contribution in [0.5, 0.6) is 5.88 Å². The number of aromatic nitrogens is 3. The molecule has 1 fully saturated rings. The van der Waals surface area contributed by atoms with Gasteiger partial charge in [-0.15, -0.1) is 0 Å². The summed E-state index contributed by atoms with van der Waals surface area (Å²) in [4.78, 5) is 23.3. The van der Waals surface area contributed by atoms with Crippen molar-refractivity contribution in [2.24, 2.45) is 5.92 Å². The van der Waals surface area contributed by atoms with E-state index in [1.165, 1.54) is 0 Å². The van der Waals surface area contributed by atoms with Gasteiger partial charge in [0.2, 0.25) is 11.8 Å². The molecule has 2 N–H and O–H groups in total. The second-order valence-corrected chi connectivity index (χ2v) is 5.90. The summed E-state index contributed by atoms with van der Waals surface area (Å²) in [6.07, 6.45) is 2.07. The highest BCUT2D eigenvalue weighted by atomic mass is 16.5. The Labute approximate surface area is 123 Å². The number of aromatic amines is 1. The van der Waals surface area contributed by atoms with E-state index in [0.29, 0.717) is 24.8 Å². The van der Waals surface area contributed by atoms with Crippen LogP contribution < -0.4 is 10.1 Å². The van der Waals surface area contributed by atoms with Crippen molar-refractivity contribution < 1.29 is 9.53 Å². The first-order chi connectivity index (χ1) is 10.0.